The predicted octanol–water partition coefficient (Wildman–Crippen LogP) is 4.15. The minimum atomic E-state index is -0.302. The molecule has 0 spiro atoms. The fourth-order valence-electron chi connectivity index (χ4n) is 1.59. The first-order chi connectivity index (χ1) is 9.10. The molecule has 1 aromatic rings. The van der Waals surface area contributed by atoms with Crippen LogP contribution in [-0.2, 0) is 0 Å². The van der Waals surface area contributed by atoms with Crippen LogP contribution in [0.4, 0.5) is 4.79 Å². The van der Waals surface area contributed by atoms with E-state index in [1.54, 1.807) is 18.2 Å². The van der Waals surface area contributed by atoms with Crippen LogP contribution < -0.4 is 10.6 Å². The molecule has 1 atom stereocenters. The number of alkyl halides is 1. The lowest BCUT2D eigenvalue weighted by molar-refractivity contribution is 0.237. The van der Waals surface area contributed by atoms with Gasteiger partial charge in [0.2, 0.25) is 0 Å². The highest BCUT2D eigenvalue weighted by atomic mass is 35.5. The van der Waals surface area contributed by atoms with Gasteiger partial charge in [0.1, 0.15) is 0 Å². The predicted molar refractivity (Wildman–Crippen MR) is 81.3 cm³/mol. The molecule has 0 aliphatic carbocycles. The van der Waals surface area contributed by atoms with Gasteiger partial charge in [-0.15, -0.1) is 18.2 Å². The van der Waals surface area contributed by atoms with E-state index in [2.05, 4.69) is 17.2 Å². The van der Waals surface area contributed by atoms with Crippen molar-refractivity contribution in [3.05, 3.63) is 46.5 Å². The number of rotatable bonds is 6. The average Bonchev–Trinajstić information content (AvgIpc) is 2.39. The second-order valence-corrected chi connectivity index (χ2v) is 4.97. The van der Waals surface area contributed by atoms with E-state index in [0.717, 1.165) is 5.56 Å². The third-order valence-corrected chi connectivity index (χ3v) is 3.47. The molecule has 0 bridgehead atoms. The Morgan fingerprint density at radius 3 is 2.79 bits per heavy atom. The Bertz CT molecular complexity index is 452. The quantitative estimate of drug-likeness (QED) is 0.600. The first-order valence-electron chi connectivity index (χ1n) is 5.75. The Kier molecular flexibility index (Phi) is 7.06. The number of nitrogens with one attached hydrogen (secondary N) is 2. The summed E-state index contributed by atoms with van der Waals surface area (Å²) in [6.45, 7) is 4.08. The molecule has 1 aromatic carbocycles. The lowest BCUT2D eigenvalue weighted by Gasteiger charge is -2.19. The van der Waals surface area contributed by atoms with Crippen molar-refractivity contribution >= 4 is 40.8 Å². The molecule has 0 fully saturated rings. The largest absolute Gasteiger partial charge is 0.337 e. The Morgan fingerprint density at radius 1 is 1.42 bits per heavy atom. The SMILES string of the molecule is C=CCC(NC(=O)NCCCl)c1cccc(Cl)c1Cl. The molecule has 0 heterocycles. The highest BCUT2D eigenvalue weighted by Crippen LogP contribution is 2.31. The molecule has 0 radical (unpaired) electrons. The molecular formula is C13H15Cl3N2O. The minimum Gasteiger partial charge on any atom is -0.337 e. The smallest absolute Gasteiger partial charge is 0.315 e. The number of carbonyl (C=O) groups is 1. The van der Waals surface area contributed by atoms with Crippen LogP contribution in [0.3, 0.4) is 0 Å². The molecule has 2 N–H and O–H groups in total. The fourth-order valence-corrected chi connectivity index (χ4v) is 2.12. The number of hydrogen-bond acceptors (Lipinski definition) is 1. The minimum absolute atomic E-state index is 0.279. The highest BCUT2D eigenvalue weighted by molar-refractivity contribution is 6.42. The van der Waals surface area contributed by atoms with Crippen molar-refractivity contribution in [3.8, 4) is 0 Å². The molecule has 1 unspecified atom stereocenters. The molecule has 3 nitrogen and oxygen atoms in total. The molecule has 0 aliphatic heterocycles. The van der Waals surface area contributed by atoms with Gasteiger partial charge in [-0.05, 0) is 18.1 Å². The van der Waals surface area contributed by atoms with Crippen LogP contribution in [0.5, 0.6) is 0 Å². The van der Waals surface area contributed by atoms with Gasteiger partial charge in [0.05, 0.1) is 16.1 Å². The number of benzene rings is 1. The van der Waals surface area contributed by atoms with E-state index in [0.29, 0.717) is 28.9 Å². The van der Waals surface area contributed by atoms with Crippen molar-refractivity contribution in [2.24, 2.45) is 0 Å². The van der Waals surface area contributed by atoms with E-state index in [-0.39, 0.29) is 12.1 Å². The maximum atomic E-state index is 11.7. The van der Waals surface area contributed by atoms with Crippen LogP contribution in [0.2, 0.25) is 10.0 Å². The fraction of sp³-hybridized carbons (Fsp3) is 0.308. The van der Waals surface area contributed by atoms with Crippen molar-refractivity contribution in [1.82, 2.24) is 10.6 Å². The second-order valence-electron chi connectivity index (χ2n) is 3.81. The average molecular weight is 322 g/mol. The number of halogens is 3. The van der Waals surface area contributed by atoms with Crippen molar-refractivity contribution in [3.63, 3.8) is 0 Å². The molecule has 19 heavy (non-hydrogen) atoms. The molecule has 0 aliphatic rings. The molecular weight excluding hydrogens is 307 g/mol. The van der Waals surface area contributed by atoms with E-state index < -0.39 is 0 Å². The Morgan fingerprint density at radius 2 is 2.16 bits per heavy atom. The van der Waals surface area contributed by atoms with Gasteiger partial charge >= 0.3 is 6.03 Å². The Balaban J connectivity index is 2.85. The molecule has 0 saturated heterocycles. The summed E-state index contributed by atoms with van der Waals surface area (Å²) in [5, 5.41) is 6.34. The van der Waals surface area contributed by atoms with Crippen LogP contribution in [0.25, 0.3) is 0 Å². The normalized spacial score (nSPS) is 11.7. The summed E-state index contributed by atoms with van der Waals surface area (Å²) in [7, 11) is 0. The zero-order valence-electron chi connectivity index (χ0n) is 10.3. The van der Waals surface area contributed by atoms with Crippen LogP contribution in [0.1, 0.15) is 18.0 Å². The first-order valence-corrected chi connectivity index (χ1v) is 7.04. The zero-order chi connectivity index (χ0) is 14.3. The Labute approximate surface area is 127 Å². The summed E-state index contributed by atoms with van der Waals surface area (Å²) < 4.78 is 0. The van der Waals surface area contributed by atoms with Gasteiger partial charge in [-0.2, -0.15) is 0 Å². The third-order valence-electron chi connectivity index (χ3n) is 2.44. The van der Waals surface area contributed by atoms with Crippen LogP contribution in [0.15, 0.2) is 30.9 Å². The van der Waals surface area contributed by atoms with Crippen LogP contribution >= 0.6 is 34.8 Å². The van der Waals surface area contributed by atoms with E-state index in [1.807, 2.05) is 6.07 Å². The second kappa shape index (κ2) is 8.31. The summed E-state index contributed by atoms with van der Waals surface area (Å²) in [6.07, 6.45) is 2.26. The zero-order valence-corrected chi connectivity index (χ0v) is 12.5. The number of hydrogen-bond donors (Lipinski definition) is 2. The van der Waals surface area contributed by atoms with Crippen molar-refractivity contribution in [1.29, 1.82) is 0 Å². The van der Waals surface area contributed by atoms with Gasteiger partial charge in [-0.3, -0.25) is 0 Å². The molecule has 0 saturated carbocycles. The maximum absolute atomic E-state index is 11.7. The maximum Gasteiger partial charge on any atom is 0.315 e. The first kappa shape index (κ1) is 16.2. The van der Waals surface area contributed by atoms with E-state index in [4.69, 9.17) is 34.8 Å². The van der Waals surface area contributed by atoms with Crippen molar-refractivity contribution < 1.29 is 4.79 Å². The summed E-state index contributed by atoms with van der Waals surface area (Å²) in [5.74, 6) is 0.359. The molecule has 104 valence electrons. The topological polar surface area (TPSA) is 41.1 Å². The summed E-state index contributed by atoms with van der Waals surface area (Å²) >= 11 is 17.6. The van der Waals surface area contributed by atoms with E-state index in [1.165, 1.54) is 0 Å². The van der Waals surface area contributed by atoms with Gasteiger partial charge in [-0.25, -0.2) is 4.79 Å². The van der Waals surface area contributed by atoms with Gasteiger partial charge in [-0.1, -0.05) is 41.4 Å². The monoisotopic (exact) mass is 320 g/mol. The van der Waals surface area contributed by atoms with Gasteiger partial charge in [0.25, 0.3) is 0 Å². The highest BCUT2D eigenvalue weighted by Gasteiger charge is 2.17. The lowest BCUT2D eigenvalue weighted by Crippen LogP contribution is -2.38. The molecule has 1 rings (SSSR count). The van der Waals surface area contributed by atoms with E-state index >= 15 is 0 Å². The van der Waals surface area contributed by atoms with Crippen molar-refractivity contribution in [2.75, 3.05) is 12.4 Å². The van der Waals surface area contributed by atoms with Crippen molar-refractivity contribution in [2.45, 2.75) is 12.5 Å². The molecule has 2 amide bonds. The number of urea groups is 1. The summed E-state index contributed by atoms with van der Waals surface area (Å²) in [4.78, 5) is 11.7. The van der Waals surface area contributed by atoms with E-state index in [9.17, 15) is 4.79 Å². The Hall–Kier alpha value is -0.900. The lowest BCUT2D eigenvalue weighted by atomic mass is 10.0. The molecule has 6 heteroatoms. The van der Waals surface area contributed by atoms with Gasteiger partial charge < -0.3 is 10.6 Å². The standard InChI is InChI=1S/C13H15Cl3N2O/c1-2-4-11(18-13(19)17-8-7-14)9-5-3-6-10(15)12(9)16/h2-3,5-6,11H,1,4,7-8H2,(H2,17,18,19). The van der Waals surface area contributed by atoms with Crippen LogP contribution in [0, 0.1) is 0 Å². The number of carbonyl (C=O) groups excluding carboxylic acids is 1. The van der Waals surface area contributed by atoms with Crippen LogP contribution in [-0.4, -0.2) is 18.5 Å². The third kappa shape index (κ3) is 4.94. The summed E-state index contributed by atoms with van der Waals surface area (Å²) in [5.41, 5.74) is 0.759. The number of amides is 2. The molecule has 0 aromatic heterocycles. The summed E-state index contributed by atoms with van der Waals surface area (Å²) in [6, 6.07) is 4.73. The van der Waals surface area contributed by atoms with Gasteiger partial charge in [0.15, 0.2) is 0 Å². The van der Waals surface area contributed by atoms with Gasteiger partial charge in [0, 0.05) is 12.4 Å².